The fraction of sp³-hybridized carbons (Fsp3) is 0.944. The van der Waals surface area contributed by atoms with E-state index in [0.29, 0.717) is 19.3 Å². The maximum absolute atomic E-state index is 12.8. The third-order valence-electron chi connectivity index (χ3n) is 12.1. The van der Waals surface area contributed by atoms with Gasteiger partial charge in [-0.25, -0.2) is 0 Å². The molecule has 0 rings (SSSR count). The molecule has 6 nitrogen and oxygen atoms in total. The number of hydrogen-bond donors (Lipinski definition) is 0. The average Bonchev–Trinajstić information content (AvgIpc) is 3.20. The first-order chi connectivity index (χ1) is 29.1. The van der Waals surface area contributed by atoms with Crippen molar-refractivity contribution in [3.05, 3.63) is 0 Å². The first-order valence-corrected chi connectivity index (χ1v) is 26.6. The van der Waals surface area contributed by atoms with Gasteiger partial charge in [0.05, 0.1) is 0 Å². The molecule has 0 aliphatic carbocycles. The molecule has 0 unspecified atom stereocenters. The van der Waals surface area contributed by atoms with Crippen molar-refractivity contribution in [3.8, 4) is 0 Å². The molecule has 0 aromatic rings. The largest absolute Gasteiger partial charge is 0.462 e. The summed E-state index contributed by atoms with van der Waals surface area (Å²) in [6, 6.07) is 0. The third-order valence-corrected chi connectivity index (χ3v) is 12.1. The number of ether oxygens (including phenoxy) is 3. The van der Waals surface area contributed by atoms with Gasteiger partial charge in [0.25, 0.3) is 0 Å². The van der Waals surface area contributed by atoms with Gasteiger partial charge in [0.15, 0.2) is 6.10 Å². The second-order valence-electron chi connectivity index (χ2n) is 19.9. The van der Waals surface area contributed by atoms with E-state index in [1.165, 1.54) is 173 Å². The van der Waals surface area contributed by atoms with Crippen molar-refractivity contribution in [2.75, 3.05) is 13.2 Å². The van der Waals surface area contributed by atoms with Gasteiger partial charge in [-0.15, -0.1) is 0 Å². The molecule has 0 aliphatic rings. The Morgan fingerprint density at radius 1 is 0.283 bits per heavy atom. The van der Waals surface area contributed by atoms with Crippen molar-refractivity contribution in [1.82, 2.24) is 0 Å². The van der Waals surface area contributed by atoms with Crippen molar-refractivity contribution in [1.29, 1.82) is 0 Å². The minimum Gasteiger partial charge on any atom is -0.462 e. The zero-order chi connectivity index (χ0) is 44.2. The molecule has 0 aromatic carbocycles. The fourth-order valence-corrected chi connectivity index (χ4v) is 8.12. The number of unbranched alkanes of at least 4 members (excludes halogenated alkanes) is 30. The Balaban J connectivity index is 4.29. The average molecular weight is 849 g/mol. The standard InChI is InChI=1S/C54H104O6/c1-48(2)40-34-28-22-16-12-8-7-9-14-18-25-31-37-43-52(55)58-46-51(60-54(57)45-39-33-27-21-20-24-30-36-42-50(5)6)47-59-53(56)44-38-32-26-19-15-11-10-13-17-23-29-35-41-49(3)4/h48-51H,7-47H2,1-6H3/t51-/m0/s1. The summed E-state index contributed by atoms with van der Waals surface area (Å²) in [7, 11) is 0. The molecule has 0 spiro atoms. The summed E-state index contributed by atoms with van der Waals surface area (Å²) in [6.45, 7) is 13.7. The predicted octanol–water partition coefficient (Wildman–Crippen LogP) is 17.2. The molecule has 0 fully saturated rings. The highest BCUT2D eigenvalue weighted by atomic mass is 16.6. The number of carbonyl (C=O) groups is 3. The van der Waals surface area contributed by atoms with Crippen LogP contribution in [-0.4, -0.2) is 37.2 Å². The molecule has 0 saturated heterocycles. The Labute approximate surface area is 374 Å². The van der Waals surface area contributed by atoms with Crippen LogP contribution in [0.15, 0.2) is 0 Å². The van der Waals surface area contributed by atoms with Crippen LogP contribution in [0.25, 0.3) is 0 Å². The van der Waals surface area contributed by atoms with E-state index in [-0.39, 0.29) is 31.1 Å². The van der Waals surface area contributed by atoms with Crippen molar-refractivity contribution in [3.63, 3.8) is 0 Å². The molecule has 0 heterocycles. The van der Waals surface area contributed by atoms with Crippen LogP contribution >= 0.6 is 0 Å². The van der Waals surface area contributed by atoms with Gasteiger partial charge < -0.3 is 14.2 Å². The molecule has 6 heteroatoms. The minimum atomic E-state index is -0.763. The maximum atomic E-state index is 12.8. The van der Waals surface area contributed by atoms with Gasteiger partial charge >= 0.3 is 17.9 Å². The summed E-state index contributed by atoms with van der Waals surface area (Å²) < 4.78 is 16.8. The molecule has 0 N–H and O–H groups in total. The highest BCUT2D eigenvalue weighted by Crippen LogP contribution is 2.18. The molecule has 0 bridgehead atoms. The molecule has 356 valence electrons. The Kier molecular flexibility index (Phi) is 44.2. The third kappa shape index (κ3) is 47.5. The monoisotopic (exact) mass is 849 g/mol. The second kappa shape index (κ2) is 45.4. The summed E-state index contributed by atoms with van der Waals surface area (Å²) in [6.07, 6.45) is 45.2. The van der Waals surface area contributed by atoms with E-state index in [9.17, 15) is 14.4 Å². The van der Waals surface area contributed by atoms with E-state index < -0.39 is 6.10 Å². The van der Waals surface area contributed by atoms with Crippen LogP contribution in [0.2, 0.25) is 0 Å². The van der Waals surface area contributed by atoms with E-state index in [0.717, 1.165) is 75.5 Å². The Bertz CT molecular complexity index is 929. The summed E-state index contributed by atoms with van der Waals surface area (Å²) in [4.78, 5) is 38.0. The lowest BCUT2D eigenvalue weighted by molar-refractivity contribution is -0.167. The highest BCUT2D eigenvalue weighted by molar-refractivity contribution is 5.71. The van der Waals surface area contributed by atoms with Crippen LogP contribution in [0.3, 0.4) is 0 Å². The van der Waals surface area contributed by atoms with Crippen molar-refractivity contribution < 1.29 is 28.6 Å². The van der Waals surface area contributed by atoms with Crippen LogP contribution in [-0.2, 0) is 28.6 Å². The zero-order valence-corrected chi connectivity index (χ0v) is 41.3. The van der Waals surface area contributed by atoms with Gasteiger partial charge in [-0.05, 0) is 37.0 Å². The first kappa shape index (κ1) is 58.4. The lowest BCUT2D eigenvalue weighted by atomic mass is 10.0. The smallest absolute Gasteiger partial charge is 0.306 e. The molecule has 0 radical (unpaired) electrons. The lowest BCUT2D eigenvalue weighted by Crippen LogP contribution is -2.30. The van der Waals surface area contributed by atoms with E-state index in [1.54, 1.807) is 0 Å². The van der Waals surface area contributed by atoms with E-state index in [1.807, 2.05) is 0 Å². The van der Waals surface area contributed by atoms with Crippen molar-refractivity contribution >= 4 is 17.9 Å². The van der Waals surface area contributed by atoms with Gasteiger partial charge in [-0.1, -0.05) is 253 Å². The Hall–Kier alpha value is -1.59. The SMILES string of the molecule is CC(C)CCCCCCCCCCCCCCCC(=O)OC[C@@H](COC(=O)CCCCCCCCCCCCCCC(C)C)OC(=O)CCCCCCCCCCC(C)C. The fourth-order valence-electron chi connectivity index (χ4n) is 8.12. The Morgan fingerprint density at radius 3 is 0.717 bits per heavy atom. The van der Waals surface area contributed by atoms with Crippen molar-refractivity contribution in [2.24, 2.45) is 17.8 Å². The first-order valence-electron chi connectivity index (χ1n) is 26.6. The molecule has 0 aliphatic heterocycles. The topological polar surface area (TPSA) is 78.9 Å². The lowest BCUT2D eigenvalue weighted by Gasteiger charge is -2.18. The quantitative estimate of drug-likeness (QED) is 0.0345. The van der Waals surface area contributed by atoms with Gasteiger partial charge in [0.1, 0.15) is 13.2 Å². The summed E-state index contributed by atoms with van der Waals surface area (Å²) in [5.74, 6) is 1.61. The van der Waals surface area contributed by atoms with Gasteiger partial charge in [-0.2, -0.15) is 0 Å². The van der Waals surface area contributed by atoms with Gasteiger partial charge in [0, 0.05) is 19.3 Å². The number of hydrogen-bond acceptors (Lipinski definition) is 6. The normalized spacial score (nSPS) is 12.2. The van der Waals surface area contributed by atoms with E-state index >= 15 is 0 Å². The zero-order valence-electron chi connectivity index (χ0n) is 41.3. The summed E-state index contributed by atoms with van der Waals surface area (Å²) >= 11 is 0. The minimum absolute atomic E-state index is 0.0647. The molecular weight excluding hydrogens is 745 g/mol. The molecule has 0 aromatic heterocycles. The number of rotatable bonds is 47. The predicted molar refractivity (Wildman–Crippen MR) is 256 cm³/mol. The summed E-state index contributed by atoms with van der Waals surface area (Å²) in [5.41, 5.74) is 0. The van der Waals surface area contributed by atoms with Gasteiger partial charge in [0.2, 0.25) is 0 Å². The number of esters is 3. The molecule has 1 atom stereocenters. The van der Waals surface area contributed by atoms with Crippen LogP contribution in [0.4, 0.5) is 0 Å². The van der Waals surface area contributed by atoms with Crippen LogP contribution in [0.5, 0.6) is 0 Å². The highest BCUT2D eigenvalue weighted by Gasteiger charge is 2.19. The van der Waals surface area contributed by atoms with Crippen LogP contribution in [0, 0.1) is 17.8 Å². The Morgan fingerprint density at radius 2 is 0.483 bits per heavy atom. The molecular formula is C54H104O6. The van der Waals surface area contributed by atoms with Crippen LogP contribution < -0.4 is 0 Å². The molecule has 0 amide bonds. The van der Waals surface area contributed by atoms with Crippen LogP contribution in [0.1, 0.15) is 292 Å². The van der Waals surface area contributed by atoms with Crippen molar-refractivity contribution in [2.45, 2.75) is 298 Å². The second-order valence-corrected chi connectivity index (χ2v) is 19.9. The summed E-state index contributed by atoms with van der Waals surface area (Å²) in [5, 5.41) is 0. The van der Waals surface area contributed by atoms with Gasteiger partial charge in [-0.3, -0.25) is 14.4 Å². The molecule has 60 heavy (non-hydrogen) atoms. The molecule has 0 saturated carbocycles. The van der Waals surface area contributed by atoms with E-state index in [2.05, 4.69) is 41.5 Å². The maximum Gasteiger partial charge on any atom is 0.306 e. The number of carbonyl (C=O) groups excluding carboxylic acids is 3. The van der Waals surface area contributed by atoms with E-state index in [4.69, 9.17) is 14.2 Å².